The zero-order chi connectivity index (χ0) is 14.7. The van der Waals surface area contributed by atoms with Gasteiger partial charge in [0.15, 0.2) is 0 Å². The Hall–Kier alpha value is -1.20. The lowest BCUT2D eigenvalue weighted by Gasteiger charge is -2.18. The molecule has 0 bridgehead atoms. The molecule has 0 spiro atoms. The van der Waals surface area contributed by atoms with Gasteiger partial charge in [-0.25, -0.2) is 8.78 Å². The van der Waals surface area contributed by atoms with Gasteiger partial charge in [0.1, 0.15) is 11.6 Å². The third kappa shape index (κ3) is 3.27. The van der Waals surface area contributed by atoms with Crippen LogP contribution in [-0.4, -0.2) is 0 Å². The summed E-state index contributed by atoms with van der Waals surface area (Å²) in [5, 5.41) is 0.907. The van der Waals surface area contributed by atoms with Gasteiger partial charge in [0, 0.05) is 15.6 Å². The van der Waals surface area contributed by atoms with Gasteiger partial charge in [-0.15, -0.1) is 0 Å². The molecule has 0 aliphatic carbocycles. The highest BCUT2D eigenvalue weighted by atomic mass is 35.5. The van der Waals surface area contributed by atoms with Gasteiger partial charge < -0.3 is 0 Å². The van der Waals surface area contributed by atoms with Gasteiger partial charge in [0.2, 0.25) is 0 Å². The fourth-order valence-electron chi connectivity index (χ4n) is 1.97. The van der Waals surface area contributed by atoms with E-state index in [0.717, 1.165) is 18.2 Å². The van der Waals surface area contributed by atoms with E-state index >= 15 is 0 Å². The van der Waals surface area contributed by atoms with E-state index in [1.165, 1.54) is 0 Å². The molecule has 0 fully saturated rings. The van der Waals surface area contributed by atoms with E-state index in [1.54, 1.807) is 18.2 Å². The fourth-order valence-corrected chi connectivity index (χ4v) is 2.52. The van der Waals surface area contributed by atoms with E-state index in [-0.39, 0.29) is 12.0 Å². The molecule has 20 heavy (non-hydrogen) atoms. The van der Waals surface area contributed by atoms with E-state index < -0.39 is 17.7 Å². The minimum atomic E-state index is -0.636. The van der Waals surface area contributed by atoms with Gasteiger partial charge in [-0.2, -0.15) is 0 Å². The predicted molar refractivity (Wildman–Crippen MR) is 76.6 cm³/mol. The highest BCUT2D eigenvalue weighted by Crippen LogP contribution is 2.30. The second kappa shape index (κ2) is 6.50. The molecule has 3 N–H and O–H groups in total. The lowest BCUT2D eigenvalue weighted by atomic mass is 9.98. The summed E-state index contributed by atoms with van der Waals surface area (Å²) in [5.41, 5.74) is 3.22. The van der Waals surface area contributed by atoms with Crippen LogP contribution in [0.2, 0.25) is 10.0 Å². The minimum Gasteiger partial charge on any atom is -0.271 e. The van der Waals surface area contributed by atoms with Gasteiger partial charge in [-0.3, -0.25) is 11.3 Å². The van der Waals surface area contributed by atoms with E-state index in [4.69, 9.17) is 29.0 Å². The first-order valence-corrected chi connectivity index (χ1v) is 6.62. The molecule has 2 nitrogen and oxygen atoms in total. The van der Waals surface area contributed by atoms with Gasteiger partial charge in [-0.05, 0) is 42.3 Å². The maximum absolute atomic E-state index is 13.8. The standard InChI is InChI=1S/C14H12Cl2F2N2/c15-11-2-1-3-12(16)9(11)7-14(20-19)10-6-8(17)4-5-13(10)18/h1-6,14,20H,7,19H2. The van der Waals surface area contributed by atoms with Crippen LogP contribution in [0, 0.1) is 11.6 Å². The van der Waals surface area contributed by atoms with Crippen molar-refractivity contribution >= 4 is 23.2 Å². The van der Waals surface area contributed by atoms with Crippen LogP contribution in [0.3, 0.4) is 0 Å². The maximum atomic E-state index is 13.8. The summed E-state index contributed by atoms with van der Waals surface area (Å²) in [7, 11) is 0. The van der Waals surface area contributed by atoms with Gasteiger partial charge in [-0.1, -0.05) is 29.3 Å². The molecule has 0 heterocycles. The molecule has 0 aliphatic rings. The number of benzene rings is 2. The molecule has 6 heteroatoms. The topological polar surface area (TPSA) is 38.0 Å². The van der Waals surface area contributed by atoms with Gasteiger partial charge in [0.25, 0.3) is 0 Å². The lowest BCUT2D eigenvalue weighted by Crippen LogP contribution is -2.30. The molecular weight excluding hydrogens is 305 g/mol. The number of halogens is 4. The summed E-state index contributed by atoms with van der Waals surface area (Å²) in [6, 6.07) is 7.64. The molecule has 1 unspecified atom stereocenters. The monoisotopic (exact) mass is 316 g/mol. The van der Waals surface area contributed by atoms with Crippen LogP contribution in [0.1, 0.15) is 17.2 Å². The summed E-state index contributed by atoms with van der Waals surface area (Å²) in [5.74, 6) is 4.37. The van der Waals surface area contributed by atoms with Crippen molar-refractivity contribution in [2.75, 3.05) is 0 Å². The molecule has 0 aliphatic heterocycles. The highest BCUT2D eigenvalue weighted by molar-refractivity contribution is 6.36. The summed E-state index contributed by atoms with van der Waals surface area (Å²) < 4.78 is 27.0. The first-order chi connectivity index (χ1) is 9.52. The minimum absolute atomic E-state index is 0.128. The Labute approximate surface area is 125 Å². The van der Waals surface area contributed by atoms with E-state index in [0.29, 0.717) is 15.6 Å². The number of rotatable bonds is 4. The van der Waals surface area contributed by atoms with Crippen LogP contribution in [-0.2, 0) is 6.42 Å². The van der Waals surface area contributed by atoms with Crippen molar-refractivity contribution in [2.24, 2.45) is 5.84 Å². The molecule has 0 aromatic heterocycles. The predicted octanol–water partition coefficient (Wildman–Crippen LogP) is 4.02. The zero-order valence-corrected chi connectivity index (χ0v) is 11.8. The Kier molecular flexibility index (Phi) is 4.94. The number of nitrogens with one attached hydrogen (secondary N) is 1. The largest absolute Gasteiger partial charge is 0.271 e. The summed E-state index contributed by atoms with van der Waals surface area (Å²) in [4.78, 5) is 0. The quantitative estimate of drug-likeness (QED) is 0.660. The second-order valence-corrected chi connectivity index (χ2v) is 5.10. The van der Waals surface area contributed by atoms with Crippen molar-refractivity contribution in [3.63, 3.8) is 0 Å². The molecule has 0 radical (unpaired) electrons. The average Bonchev–Trinajstić information content (AvgIpc) is 2.42. The molecule has 0 saturated carbocycles. The van der Waals surface area contributed by atoms with Crippen molar-refractivity contribution in [3.8, 4) is 0 Å². The second-order valence-electron chi connectivity index (χ2n) is 4.29. The van der Waals surface area contributed by atoms with Crippen LogP contribution >= 0.6 is 23.2 Å². The Balaban J connectivity index is 2.36. The molecule has 0 saturated heterocycles. The Bertz CT molecular complexity index is 600. The Morgan fingerprint density at radius 3 is 2.35 bits per heavy atom. The van der Waals surface area contributed by atoms with Crippen LogP contribution in [0.5, 0.6) is 0 Å². The van der Waals surface area contributed by atoms with Crippen LogP contribution in [0.15, 0.2) is 36.4 Å². The molecule has 2 aromatic carbocycles. The Morgan fingerprint density at radius 1 is 1.10 bits per heavy atom. The third-order valence-electron chi connectivity index (χ3n) is 3.00. The molecule has 106 valence electrons. The maximum Gasteiger partial charge on any atom is 0.128 e. The van der Waals surface area contributed by atoms with Gasteiger partial charge in [0.05, 0.1) is 6.04 Å². The SMILES string of the molecule is NNC(Cc1c(Cl)cccc1Cl)c1cc(F)ccc1F. The fraction of sp³-hybridized carbons (Fsp3) is 0.143. The first-order valence-electron chi connectivity index (χ1n) is 5.87. The number of hydrazine groups is 1. The van der Waals surface area contributed by atoms with Crippen molar-refractivity contribution in [2.45, 2.75) is 12.5 Å². The molecule has 2 rings (SSSR count). The normalized spacial score (nSPS) is 12.4. The van der Waals surface area contributed by atoms with Crippen molar-refractivity contribution in [1.29, 1.82) is 0 Å². The zero-order valence-electron chi connectivity index (χ0n) is 10.3. The van der Waals surface area contributed by atoms with E-state index in [1.807, 2.05) is 0 Å². The molecular formula is C14H12Cl2F2N2. The van der Waals surface area contributed by atoms with Crippen LogP contribution in [0.4, 0.5) is 8.78 Å². The Morgan fingerprint density at radius 2 is 1.75 bits per heavy atom. The average molecular weight is 317 g/mol. The highest BCUT2D eigenvalue weighted by Gasteiger charge is 2.18. The molecule has 0 amide bonds. The first kappa shape index (κ1) is 15.2. The van der Waals surface area contributed by atoms with E-state index in [9.17, 15) is 8.78 Å². The van der Waals surface area contributed by atoms with Crippen molar-refractivity contribution < 1.29 is 8.78 Å². The van der Waals surface area contributed by atoms with Crippen molar-refractivity contribution in [3.05, 3.63) is 69.2 Å². The number of hydrogen-bond donors (Lipinski definition) is 2. The van der Waals surface area contributed by atoms with Gasteiger partial charge >= 0.3 is 0 Å². The third-order valence-corrected chi connectivity index (χ3v) is 3.71. The number of nitrogens with two attached hydrogens (primary N) is 1. The van der Waals surface area contributed by atoms with Crippen LogP contribution < -0.4 is 11.3 Å². The van der Waals surface area contributed by atoms with Crippen LogP contribution in [0.25, 0.3) is 0 Å². The number of hydrogen-bond acceptors (Lipinski definition) is 2. The summed E-state index contributed by atoms with van der Waals surface area (Å²) >= 11 is 12.1. The summed E-state index contributed by atoms with van der Waals surface area (Å²) in [6.45, 7) is 0. The van der Waals surface area contributed by atoms with E-state index in [2.05, 4.69) is 5.43 Å². The van der Waals surface area contributed by atoms with Crippen molar-refractivity contribution in [1.82, 2.24) is 5.43 Å². The smallest absolute Gasteiger partial charge is 0.128 e. The molecule has 2 aromatic rings. The lowest BCUT2D eigenvalue weighted by molar-refractivity contribution is 0.502. The molecule has 1 atom stereocenters. The summed E-state index contributed by atoms with van der Waals surface area (Å²) in [6.07, 6.45) is 0.245.